The van der Waals surface area contributed by atoms with Crippen molar-refractivity contribution < 1.29 is 22.7 Å². The minimum Gasteiger partial charge on any atom is -0.379 e. The normalized spacial score (nSPS) is 24.4. The summed E-state index contributed by atoms with van der Waals surface area (Å²) in [7, 11) is -3.55. The summed E-state index contributed by atoms with van der Waals surface area (Å²) in [6, 6.07) is 6.20. The van der Waals surface area contributed by atoms with Gasteiger partial charge < -0.3 is 14.4 Å². The molecule has 0 radical (unpaired) electrons. The first-order valence-electron chi connectivity index (χ1n) is 8.83. The predicted octanol–water partition coefficient (Wildman–Crippen LogP) is 1.35. The average Bonchev–Trinajstić information content (AvgIpc) is 2.64. The van der Waals surface area contributed by atoms with Crippen LogP contribution in [0.1, 0.15) is 31.1 Å². The maximum absolute atomic E-state index is 12.9. The van der Waals surface area contributed by atoms with E-state index in [1.165, 1.54) is 16.4 Å². The molecule has 2 fully saturated rings. The van der Waals surface area contributed by atoms with Gasteiger partial charge in [0.05, 0.1) is 36.4 Å². The van der Waals surface area contributed by atoms with Crippen molar-refractivity contribution in [2.75, 3.05) is 39.5 Å². The molecule has 26 heavy (non-hydrogen) atoms. The van der Waals surface area contributed by atoms with Crippen LogP contribution in [0.15, 0.2) is 29.2 Å². The van der Waals surface area contributed by atoms with Gasteiger partial charge in [0, 0.05) is 25.2 Å². The van der Waals surface area contributed by atoms with Crippen LogP contribution in [0.3, 0.4) is 0 Å². The Morgan fingerprint density at radius 1 is 1.15 bits per heavy atom. The van der Waals surface area contributed by atoms with Crippen LogP contribution in [0, 0.1) is 0 Å². The van der Waals surface area contributed by atoms with Crippen LogP contribution in [0.5, 0.6) is 0 Å². The summed E-state index contributed by atoms with van der Waals surface area (Å²) in [6.45, 7) is 8.37. The highest BCUT2D eigenvalue weighted by Gasteiger charge is 2.37. The molecular weight excluding hydrogens is 356 g/mol. The van der Waals surface area contributed by atoms with E-state index in [0.717, 1.165) is 0 Å². The molecule has 2 heterocycles. The van der Waals surface area contributed by atoms with Crippen molar-refractivity contribution >= 4 is 15.9 Å². The topological polar surface area (TPSA) is 76.2 Å². The van der Waals surface area contributed by atoms with Crippen molar-refractivity contribution in [1.82, 2.24) is 9.21 Å². The standard InChI is InChI=1S/C18H26N2O5S/c1-14-12-20(18(2,3)13-25-14)17(21)15-4-6-16(7-5-15)26(22,23)19-8-10-24-11-9-19/h4-7,14H,8-13H2,1-3H3. The van der Waals surface area contributed by atoms with Crippen molar-refractivity contribution in [3.05, 3.63) is 29.8 Å². The van der Waals surface area contributed by atoms with Gasteiger partial charge in [0.15, 0.2) is 0 Å². The lowest BCUT2D eigenvalue weighted by atomic mass is 9.99. The third kappa shape index (κ3) is 3.78. The zero-order valence-electron chi connectivity index (χ0n) is 15.5. The van der Waals surface area contributed by atoms with Crippen molar-refractivity contribution in [3.8, 4) is 0 Å². The molecule has 1 atom stereocenters. The van der Waals surface area contributed by atoms with Gasteiger partial charge in [-0.25, -0.2) is 8.42 Å². The first-order chi connectivity index (χ1) is 12.2. The molecule has 2 saturated heterocycles. The predicted molar refractivity (Wildman–Crippen MR) is 96.5 cm³/mol. The molecule has 0 N–H and O–H groups in total. The fraction of sp³-hybridized carbons (Fsp3) is 0.611. The lowest BCUT2D eigenvalue weighted by Gasteiger charge is -2.44. The molecule has 0 saturated carbocycles. The smallest absolute Gasteiger partial charge is 0.254 e. The van der Waals surface area contributed by atoms with Gasteiger partial charge in [-0.2, -0.15) is 4.31 Å². The van der Waals surface area contributed by atoms with Gasteiger partial charge >= 0.3 is 0 Å². The number of amides is 1. The zero-order valence-corrected chi connectivity index (χ0v) is 16.3. The molecule has 0 bridgehead atoms. The molecule has 2 aliphatic rings. The Hall–Kier alpha value is -1.48. The number of nitrogens with zero attached hydrogens (tertiary/aromatic N) is 2. The van der Waals surface area contributed by atoms with E-state index in [2.05, 4.69) is 0 Å². The number of benzene rings is 1. The highest BCUT2D eigenvalue weighted by Crippen LogP contribution is 2.25. The number of ether oxygens (including phenoxy) is 2. The molecule has 2 aliphatic heterocycles. The second-order valence-corrected chi connectivity index (χ2v) is 9.33. The van der Waals surface area contributed by atoms with Gasteiger partial charge in [0.2, 0.25) is 10.0 Å². The number of rotatable bonds is 3. The average molecular weight is 382 g/mol. The summed E-state index contributed by atoms with van der Waals surface area (Å²) in [6.07, 6.45) is -0.0204. The minimum atomic E-state index is -3.55. The van der Waals surface area contributed by atoms with Gasteiger partial charge in [-0.1, -0.05) is 0 Å². The van der Waals surface area contributed by atoms with Crippen LogP contribution < -0.4 is 0 Å². The van der Waals surface area contributed by atoms with Gasteiger partial charge in [-0.15, -0.1) is 0 Å². The fourth-order valence-electron chi connectivity index (χ4n) is 3.20. The lowest BCUT2D eigenvalue weighted by Crippen LogP contribution is -2.57. The van der Waals surface area contributed by atoms with E-state index < -0.39 is 15.6 Å². The Morgan fingerprint density at radius 2 is 1.77 bits per heavy atom. The third-order valence-electron chi connectivity index (χ3n) is 4.85. The molecular formula is C18H26N2O5S. The zero-order chi connectivity index (χ0) is 18.9. The molecule has 7 nitrogen and oxygen atoms in total. The summed E-state index contributed by atoms with van der Waals surface area (Å²) >= 11 is 0. The fourth-order valence-corrected chi connectivity index (χ4v) is 4.61. The van der Waals surface area contributed by atoms with E-state index in [1.807, 2.05) is 20.8 Å². The van der Waals surface area contributed by atoms with Gasteiger partial charge in [0.1, 0.15) is 0 Å². The highest BCUT2D eigenvalue weighted by atomic mass is 32.2. The van der Waals surface area contributed by atoms with Crippen molar-refractivity contribution in [1.29, 1.82) is 0 Å². The summed E-state index contributed by atoms with van der Waals surface area (Å²) in [5.74, 6) is -0.111. The first-order valence-corrected chi connectivity index (χ1v) is 10.3. The largest absolute Gasteiger partial charge is 0.379 e. The molecule has 1 aromatic carbocycles. The second-order valence-electron chi connectivity index (χ2n) is 7.39. The first kappa shape index (κ1) is 19.3. The Morgan fingerprint density at radius 3 is 2.38 bits per heavy atom. The molecule has 144 valence electrons. The summed E-state index contributed by atoms with van der Waals surface area (Å²) in [5, 5.41) is 0. The lowest BCUT2D eigenvalue weighted by molar-refractivity contribution is -0.0755. The monoisotopic (exact) mass is 382 g/mol. The number of carbonyl (C=O) groups excluding carboxylic acids is 1. The Kier molecular flexibility index (Phi) is 5.39. The van der Waals surface area contributed by atoms with E-state index in [4.69, 9.17) is 9.47 Å². The summed E-state index contributed by atoms with van der Waals surface area (Å²) < 4.78 is 37.6. The highest BCUT2D eigenvalue weighted by molar-refractivity contribution is 7.89. The molecule has 0 aliphatic carbocycles. The minimum absolute atomic E-state index is 0.0204. The van der Waals surface area contributed by atoms with Crippen molar-refractivity contribution in [2.45, 2.75) is 37.3 Å². The van der Waals surface area contributed by atoms with Gasteiger partial charge in [-0.05, 0) is 45.0 Å². The van der Waals surface area contributed by atoms with E-state index in [0.29, 0.717) is 45.0 Å². The summed E-state index contributed by atoms with van der Waals surface area (Å²) in [5.41, 5.74) is 0.0791. The molecule has 1 unspecified atom stereocenters. The molecule has 0 spiro atoms. The number of hydrogen-bond donors (Lipinski definition) is 0. The van der Waals surface area contributed by atoms with E-state index in [9.17, 15) is 13.2 Å². The summed E-state index contributed by atoms with van der Waals surface area (Å²) in [4.78, 5) is 14.9. The maximum atomic E-state index is 12.9. The van der Waals surface area contributed by atoms with Crippen molar-refractivity contribution in [2.24, 2.45) is 0 Å². The second kappa shape index (κ2) is 7.26. The van der Waals surface area contributed by atoms with Crippen LogP contribution in [0.25, 0.3) is 0 Å². The SMILES string of the molecule is CC1CN(C(=O)c2ccc(S(=O)(=O)N3CCOCC3)cc2)C(C)(C)CO1. The van der Waals surface area contributed by atoms with E-state index in [1.54, 1.807) is 17.0 Å². The van der Waals surface area contributed by atoms with Crippen LogP contribution in [-0.2, 0) is 19.5 Å². The molecule has 0 aromatic heterocycles. The van der Waals surface area contributed by atoms with Gasteiger partial charge in [0.25, 0.3) is 5.91 Å². The maximum Gasteiger partial charge on any atom is 0.254 e. The Labute approximate surface area is 154 Å². The van der Waals surface area contributed by atoms with Crippen LogP contribution in [0.4, 0.5) is 0 Å². The van der Waals surface area contributed by atoms with Crippen LogP contribution in [0.2, 0.25) is 0 Å². The van der Waals surface area contributed by atoms with Crippen LogP contribution in [-0.4, -0.2) is 74.6 Å². The molecule has 8 heteroatoms. The third-order valence-corrected chi connectivity index (χ3v) is 6.76. The number of sulfonamides is 1. The van der Waals surface area contributed by atoms with Gasteiger partial charge in [-0.3, -0.25) is 4.79 Å². The van der Waals surface area contributed by atoms with E-state index >= 15 is 0 Å². The molecule has 3 rings (SSSR count). The van der Waals surface area contributed by atoms with Crippen LogP contribution >= 0.6 is 0 Å². The Bertz CT molecular complexity index is 754. The molecule has 1 amide bonds. The van der Waals surface area contributed by atoms with Crippen molar-refractivity contribution in [3.63, 3.8) is 0 Å². The number of carbonyl (C=O) groups is 1. The quantitative estimate of drug-likeness (QED) is 0.789. The van der Waals surface area contributed by atoms with E-state index in [-0.39, 0.29) is 16.9 Å². The Balaban J connectivity index is 1.79. The number of hydrogen-bond acceptors (Lipinski definition) is 5. The molecule has 1 aromatic rings. The number of morpholine rings is 2.